The van der Waals surface area contributed by atoms with E-state index < -0.39 is 0 Å². The monoisotopic (exact) mass is 279 g/mol. The Hall–Kier alpha value is -0.780. The van der Waals surface area contributed by atoms with Gasteiger partial charge in [-0.25, -0.2) is 0 Å². The van der Waals surface area contributed by atoms with Crippen molar-refractivity contribution in [1.29, 1.82) is 0 Å². The Morgan fingerprint density at radius 1 is 1.50 bits per heavy atom. The molecule has 0 saturated heterocycles. The van der Waals surface area contributed by atoms with Crippen molar-refractivity contribution < 1.29 is 0 Å². The normalized spacial score (nSPS) is 12.1. The Kier molecular flexibility index (Phi) is 5.59. The molecule has 0 aliphatic rings. The van der Waals surface area contributed by atoms with Crippen LogP contribution in [0.2, 0.25) is 0 Å². The van der Waals surface area contributed by atoms with Crippen molar-refractivity contribution in [3.63, 3.8) is 0 Å². The third-order valence-corrected chi connectivity index (χ3v) is 3.14. The highest BCUT2D eigenvalue weighted by Gasteiger charge is 2.12. The zero-order chi connectivity index (χ0) is 12.0. The van der Waals surface area contributed by atoms with Gasteiger partial charge in [0.05, 0.1) is 0 Å². The number of terminal acetylenes is 1. The van der Waals surface area contributed by atoms with Crippen molar-refractivity contribution >= 4 is 15.9 Å². The lowest BCUT2D eigenvalue weighted by Crippen LogP contribution is -2.21. The third-order valence-electron chi connectivity index (χ3n) is 2.64. The first-order valence-corrected chi connectivity index (χ1v) is 6.41. The molecule has 0 amide bonds. The van der Waals surface area contributed by atoms with Gasteiger partial charge in [0.15, 0.2) is 0 Å². The molecule has 1 aromatic rings. The van der Waals surface area contributed by atoms with E-state index in [1.807, 2.05) is 0 Å². The largest absolute Gasteiger partial charge is 0.310 e. The van der Waals surface area contributed by atoms with Gasteiger partial charge >= 0.3 is 0 Å². The minimum atomic E-state index is 0.360. The molecule has 1 N–H and O–H groups in total. The Morgan fingerprint density at radius 2 is 2.25 bits per heavy atom. The zero-order valence-electron chi connectivity index (χ0n) is 9.89. The van der Waals surface area contributed by atoms with Crippen LogP contribution in [0, 0.1) is 19.3 Å². The molecule has 1 rings (SSSR count). The fourth-order valence-corrected chi connectivity index (χ4v) is 2.21. The third kappa shape index (κ3) is 3.66. The second-order valence-corrected chi connectivity index (χ2v) is 4.77. The van der Waals surface area contributed by atoms with E-state index in [9.17, 15) is 0 Å². The SMILES string of the molecule is C#CCCC(NCC)c1cc(Br)ccc1C. The van der Waals surface area contributed by atoms with Crippen LogP contribution in [0.1, 0.15) is 36.9 Å². The number of halogens is 1. The number of benzene rings is 1. The van der Waals surface area contributed by atoms with E-state index in [0.717, 1.165) is 23.9 Å². The van der Waals surface area contributed by atoms with Gasteiger partial charge in [-0.3, -0.25) is 0 Å². The molecule has 0 radical (unpaired) electrons. The predicted octanol–water partition coefficient (Wildman–Crippen LogP) is 3.82. The first-order valence-electron chi connectivity index (χ1n) is 5.62. The molecule has 1 aromatic carbocycles. The van der Waals surface area contributed by atoms with Crippen LogP contribution in [-0.4, -0.2) is 6.54 Å². The number of rotatable bonds is 5. The summed E-state index contributed by atoms with van der Waals surface area (Å²) in [7, 11) is 0. The van der Waals surface area contributed by atoms with E-state index in [4.69, 9.17) is 6.42 Å². The maximum Gasteiger partial charge on any atom is 0.0332 e. The molecule has 1 atom stereocenters. The van der Waals surface area contributed by atoms with E-state index in [-0.39, 0.29) is 0 Å². The van der Waals surface area contributed by atoms with Crippen molar-refractivity contribution in [3.05, 3.63) is 33.8 Å². The zero-order valence-corrected chi connectivity index (χ0v) is 11.5. The van der Waals surface area contributed by atoms with E-state index in [1.54, 1.807) is 0 Å². The summed E-state index contributed by atoms with van der Waals surface area (Å²) < 4.78 is 1.12. The minimum Gasteiger partial charge on any atom is -0.310 e. The average Bonchev–Trinajstić information content (AvgIpc) is 2.28. The second kappa shape index (κ2) is 6.73. The fraction of sp³-hybridized carbons (Fsp3) is 0.429. The highest BCUT2D eigenvalue weighted by atomic mass is 79.9. The Morgan fingerprint density at radius 3 is 2.88 bits per heavy atom. The van der Waals surface area contributed by atoms with Crippen molar-refractivity contribution in [2.45, 2.75) is 32.7 Å². The van der Waals surface area contributed by atoms with E-state index in [1.165, 1.54) is 11.1 Å². The summed E-state index contributed by atoms with van der Waals surface area (Å²) in [4.78, 5) is 0. The van der Waals surface area contributed by atoms with Gasteiger partial charge in [0.2, 0.25) is 0 Å². The number of hydrogen-bond acceptors (Lipinski definition) is 1. The van der Waals surface area contributed by atoms with Crippen molar-refractivity contribution in [3.8, 4) is 12.3 Å². The van der Waals surface area contributed by atoms with Crippen LogP contribution in [0.25, 0.3) is 0 Å². The van der Waals surface area contributed by atoms with Gasteiger partial charge in [-0.05, 0) is 43.1 Å². The standard InChI is InChI=1S/C14H18BrN/c1-4-6-7-14(16-5-2)13-10-12(15)9-8-11(13)3/h1,8-10,14,16H,5-7H2,2-3H3. The number of aryl methyl sites for hydroxylation is 1. The molecular weight excluding hydrogens is 262 g/mol. The minimum absolute atomic E-state index is 0.360. The lowest BCUT2D eigenvalue weighted by molar-refractivity contribution is 0.520. The molecule has 0 aromatic heterocycles. The molecule has 0 fully saturated rings. The Balaban J connectivity index is 2.91. The van der Waals surface area contributed by atoms with Crippen molar-refractivity contribution in [1.82, 2.24) is 5.32 Å². The molecule has 1 nitrogen and oxygen atoms in total. The lowest BCUT2D eigenvalue weighted by atomic mass is 9.97. The van der Waals surface area contributed by atoms with Crippen LogP contribution >= 0.6 is 15.9 Å². The molecule has 86 valence electrons. The summed E-state index contributed by atoms with van der Waals surface area (Å²) in [5.74, 6) is 2.71. The van der Waals surface area contributed by atoms with Crippen molar-refractivity contribution in [2.75, 3.05) is 6.54 Å². The molecule has 16 heavy (non-hydrogen) atoms. The number of hydrogen-bond donors (Lipinski definition) is 1. The molecule has 0 spiro atoms. The van der Waals surface area contributed by atoms with Crippen LogP contribution in [0.15, 0.2) is 22.7 Å². The van der Waals surface area contributed by atoms with Crippen LogP contribution in [0.5, 0.6) is 0 Å². The summed E-state index contributed by atoms with van der Waals surface area (Å²) in [5, 5.41) is 3.49. The molecule has 0 aliphatic heterocycles. The fourth-order valence-electron chi connectivity index (χ4n) is 1.83. The molecule has 0 aliphatic carbocycles. The van der Waals surface area contributed by atoms with Gasteiger partial charge in [0.1, 0.15) is 0 Å². The first-order chi connectivity index (χ1) is 7.69. The van der Waals surface area contributed by atoms with Crippen LogP contribution in [0.4, 0.5) is 0 Å². The van der Waals surface area contributed by atoms with Crippen LogP contribution < -0.4 is 5.32 Å². The van der Waals surface area contributed by atoms with Crippen LogP contribution in [0.3, 0.4) is 0 Å². The summed E-state index contributed by atoms with van der Waals surface area (Å²) >= 11 is 3.52. The number of nitrogens with one attached hydrogen (secondary N) is 1. The maximum absolute atomic E-state index is 5.33. The average molecular weight is 280 g/mol. The summed E-state index contributed by atoms with van der Waals surface area (Å²) in [6.45, 7) is 5.22. The highest BCUT2D eigenvalue weighted by Crippen LogP contribution is 2.25. The molecule has 1 unspecified atom stereocenters. The van der Waals surface area contributed by atoms with E-state index in [2.05, 4.69) is 59.2 Å². The lowest BCUT2D eigenvalue weighted by Gasteiger charge is -2.19. The van der Waals surface area contributed by atoms with E-state index in [0.29, 0.717) is 6.04 Å². The summed E-state index contributed by atoms with van der Waals surface area (Å²) in [5.41, 5.74) is 2.65. The van der Waals surface area contributed by atoms with Gasteiger partial charge in [-0.1, -0.05) is 28.9 Å². The quantitative estimate of drug-likeness (QED) is 0.808. The van der Waals surface area contributed by atoms with Crippen LogP contribution in [-0.2, 0) is 0 Å². The van der Waals surface area contributed by atoms with E-state index >= 15 is 0 Å². The van der Waals surface area contributed by atoms with Gasteiger partial charge in [0.25, 0.3) is 0 Å². The van der Waals surface area contributed by atoms with Gasteiger partial charge in [-0.2, -0.15) is 0 Å². The van der Waals surface area contributed by atoms with Gasteiger partial charge in [-0.15, -0.1) is 12.3 Å². The Labute approximate surface area is 107 Å². The molecular formula is C14H18BrN. The van der Waals surface area contributed by atoms with Gasteiger partial charge in [0, 0.05) is 16.9 Å². The molecule has 0 bridgehead atoms. The van der Waals surface area contributed by atoms with Crippen molar-refractivity contribution in [2.24, 2.45) is 0 Å². The molecule has 0 heterocycles. The molecule has 0 saturated carbocycles. The Bertz CT molecular complexity index is 379. The first kappa shape index (κ1) is 13.3. The summed E-state index contributed by atoms with van der Waals surface area (Å²) in [6, 6.07) is 6.75. The highest BCUT2D eigenvalue weighted by molar-refractivity contribution is 9.10. The smallest absolute Gasteiger partial charge is 0.0332 e. The topological polar surface area (TPSA) is 12.0 Å². The second-order valence-electron chi connectivity index (χ2n) is 3.85. The summed E-state index contributed by atoms with van der Waals surface area (Å²) in [6.07, 6.45) is 7.13. The van der Waals surface area contributed by atoms with Gasteiger partial charge < -0.3 is 5.32 Å². The predicted molar refractivity (Wildman–Crippen MR) is 73.4 cm³/mol. The maximum atomic E-state index is 5.33. The molecule has 2 heteroatoms.